The van der Waals surface area contributed by atoms with Crippen molar-refractivity contribution in [3.05, 3.63) is 26.5 Å². The van der Waals surface area contributed by atoms with E-state index in [0.717, 1.165) is 11.4 Å². The zero-order valence-electron chi connectivity index (χ0n) is 7.99. The number of hydrogen-bond acceptors (Lipinski definition) is 5. The lowest BCUT2D eigenvalue weighted by Crippen LogP contribution is -1.80. The fourth-order valence-electron chi connectivity index (χ4n) is 1.11. The van der Waals surface area contributed by atoms with Gasteiger partial charge in [-0.25, -0.2) is 4.98 Å². The van der Waals surface area contributed by atoms with Crippen LogP contribution in [0.25, 0.3) is 0 Å². The fourth-order valence-corrected chi connectivity index (χ4v) is 4.37. The molecular weight excluding hydrogens is 312 g/mol. The van der Waals surface area contributed by atoms with Crippen LogP contribution in [-0.2, 0) is 5.75 Å². The lowest BCUT2D eigenvalue weighted by atomic mass is 10.4. The third kappa shape index (κ3) is 2.96. The summed E-state index contributed by atoms with van der Waals surface area (Å²) in [6.07, 6.45) is 0. The first-order valence-electron chi connectivity index (χ1n) is 4.24. The number of nitrogen functional groups attached to an aromatic ring is 1. The van der Waals surface area contributed by atoms with Gasteiger partial charge < -0.3 is 5.73 Å². The zero-order valence-corrected chi connectivity index (χ0v) is 12.0. The van der Waals surface area contributed by atoms with E-state index in [2.05, 4.69) is 32.4 Å². The van der Waals surface area contributed by atoms with E-state index in [0.29, 0.717) is 5.13 Å². The highest BCUT2D eigenvalue weighted by Gasteiger charge is 2.06. The van der Waals surface area contributed by atoms with Crippen LogP contribution in [0, 0.1) is 6.92 Å². The van der Waals surface area contributed by atoms with Crippen LogP contribution in [0.5, 0.6) is 0 Å². The fraction of sp³-hybridized carbons (Fsp3) is 0.222. The number of thiophene rings is 1. The van der Waals surface area contributed by atoms with Gasteiger partial charge in [-0.3, -0.25) is 0 Å². The van der Waals surface area contributed by atoms with E-state index in [1.165, 1.54) is 13.6 Å². The normalized spacial score (nSPS) is 10.8. The molecule has 0 saturated carbocycles. The van der Waals surface area contributed by atoms with Crippen molar-refractivity contribution < 1.29 is 0 Å². The molecule has 0 atom stereocenters. The molecule has 0 saturated heterocycles. The van der Waals surface area contributed by atoms with Crippen molar-refractivity contribution >= 4 is 55.5 Å². The van der Waals surface area contributed by atoms with Crippen LogP contribution in [0.15, 0.2) is 19.4 Å². The molecule has 0 spiro atoms. The van der Waals surface area contributed by atoms with Crippen molar-refractivity contribution in [1.82, 2.24) is 4.98 Å². The Bertz CT molecular complexity index is 464. The average Bonchev–Trinajstić information content (AvgIpc) is 2.70. The van der Waals surface area contributed by atoms with E-state index < -0.39 is 0 Å². The molecule has 0 bridgehead atoms. The molecule has 0 aromatic carbocycles. The Morgan fingerprint density at radius 2 is 2.40 bits per heavy atom. The molecule has 2 aromatic heterocycles. The quantitative estimate of drug-likeness (QED) is 0.863. The maximum atomic E-state index is 5.64. The van der Waals surface area contributed by atoms with Gasteiger partial charge in [0.2, 0.25) is 0 Å². The van der Waals surface area contributed by atoms with E-state index in [4.69, 9.17) is 5.73 Å². The second kappa shape index (κ2) is 4.86. The molecule has 0 aliphatic heterocycles. The Balaban J connectivity index is 2.01. The van der Waals surface area contributed by atoms with Gasteiger partial charge in [0.25, 0.3) is 0 Å². The van der Waals surface area contributed by atoms with Crippen LogP contribution in [0.2, 0.25) is 0 Å². The lowest BCUT2D eigenvalue weighted by molar-refractivity contribution is 1.21. The van der Waals surface area contributed by atoms with Gasteiger partial charge in [-0.05, 0) is 39.9 Å². The van der Waals surface area contributed by atoms with Gasteiger partial charge in [-0.15, -0.1) is 23.1 Å². The molecule has 0 radical (unpaired) electrons. The number of nitrogens with zero attached hydrogens (tertiary/aromatic N) is 1. The van der Waals surface area contributed by atoms with Gasteiger partial charge in [-0.2, -0.15) is 0 Å². The van der Waals surface area contributed by atoms with Gasteiger partial charge in [-0.1, -0.05) is 11.3 Å². The summed E-state index contributed by atoms with van der Waals surface area (Å²) >= 11 is 8.53. The molecule has 80 valence electrons. The summed E-state index contributed by atoms with van der Waals surface area (Å²) in [5.41, 5.74) is 8.02. The topological polar surface area (TPSA) is 38.9 Å². The number of aryl methyl sites for hydroxylation is 1. The van der Waals surface area contributed by atoms with Crippen LogP contribution >= 0.6 is 50.4 Å². The molecule has 2 aromatic rings. The van der Waals surface area contributed by atoms with Crippen LogP contribution in [0.3, 0.4) is 0 Å². The summed E-state index contributed by atoms with van der Waals surface area (Å²) in [4.78, 5) is 4.20. The van der Waals surface area contributed by atoms with Crippen molar-refractivity contribution in [1.29, 1.82) is 0 Å². The molecule has 2 nitrogen and oxygen atoms in total. The molecular formula is C9H9BrN2S3. The van der Waals surface area contributed by atoms with Crippen LogP contribution in [0.1, 0.15) is 11.3 Å². The number of aromatic nitrogens is 1. The standard InChI is InChI=1S/C9H9BrN2S3/c1-5-8(15-9(11)12-5)14-4-6-2-7(10)13-3-6/h2-3H,4H2,1H3,(H2,11,12). The molecule has 0 aliphatic rings. The van der Waals surface area contributed by atoms with Crippen LogP contribution in [0.4, 0.5) is 5.13 Å². The minimum Gasteiger partial charge on any atom is -0.375 e. The minimum absolute atomic E-state index is 0.654. The summed E-state index contributed by atoms with van der Waals surface area (Å²) < 4.78 is 2.40. The van der Waals surface area contributed by atoms with Gasteiger partial charge >= 0.3 is 0 Å². The van der Waals surface area contributed by atoms with Crippen molar-refractivity contribution in [2.75, 3.05) is 5.73 Å². The van der Waals surface area contributed by atoms with Crippen molar-refractivity contribution in [2.24, 2.45) is 0 Å². The maximum Gasteiger partial charge on any atom is 0.181 e. The van der Waals surface area contributed by atoms with E-state index in [9.17, 15) is 0 Å². The van der Waals surface area contributed by atoms with Gasteiger partial charge in [0.1, 0.15) is 0 Å². The molecule has 2 rings (SSSR count). The largest absolute Gasteiger partial charge is 0.375 e. The Morgan fingerprint density at radius 1 is 1.60 bits per heavy atom. The van der Waals surface area contributed by atoms with Crippen LogP contribution < -0.4 is 5.73 Å². The molecule has 0 fully saturated rings. The molecule has 0 amide bonds. The zero-order chi connectivity index (χ0) is 10.8. The predicted molar refractivity (Wildman–Crippen MR) is 72.8 cm³/mol. The molecule has 2 heterocycles. The Kier molecular flexibility index (Phi) is 3.71. The second-order valence-electron chi connectivity index (χ2n) is 2.97. The minimum atomic E-state index is 0.654. The van der Waals surface area contributed by atoms with Gasteiger partial charge in [0.15, 0.2) is 5.13 Å². The van der Waals surface area contributed by atoms with Gasteiger partial charge in [0.05, 0.1) is 13.7 Å². The van der Waals surface area contributed by atoms with E-state index in [1.807, 2.05) is 6.92 Å². The second-order valence-corrected chi connectivity index (χ2v) is 7.54. The summed E-state index contributed by atoms with van der Waals surface area (Å²) in [5.74, 6) is 0.977. The molecule has 0 unspecified atom stereocenters. The highest BCUT2D eigenvalue weighted by Crippen LogP contribution is 2.34. The summed E-state index contributed by atoms with van der Waals surface area (Å²) in [6.45, 7) is 2.00. The maximum absolute atomic E-state index is 5.64. The lowest BCUT2D eigenvalue weighted by Gasteiger charge is -1.95. The first-order valence-corrected chi connectivity index (χ1v) is 7.71. The van der Waals surface area contributed by atoms with Gasteiger partial charge in [0, 0.05) is 5.75 Å². The average molecular weight is 321 g/mol. The number of hydrogen-bond donors (Lipinski definition) is 1. The summed E-state index contributed by atoms with van der Waals surface area (Å²) in [5, 5.41) is 2.82. The Hall–Kier alpha value is -0.0400. The number of nitrogens with two attached hydrogens (primary N) is 1. The van der Waals surface area contributed by atoms with Crippen molar-refractivity contribution in [3.63, 3.8) is 0 Å². The molecule has 15 heavy (non-hydrogen) atoms. The molecule has 0 aliphatic carbocycles. The summed E-state index contributed by atoms with van der Waals surface area (Å²) in [6, 6.07) is 2.15. The van der Waals surface area contributed by atoms with E-state index >= 15 is 0 Å². The third-order valence-electron chi connectivity index (χ3n) is 1.76. The highest BCUT2D eigenvalue weighted by atomic mass is 79.9. The number of thioether (sulfide) groups is 1. The number of anilines is 1. The van der Waals surface area contributed by atoms with E-state index in [1.54, 1.807) is 34.4 Å². The van der Waals surface area contributed by atoms with Crippen LogP contribution in [-0.4, -0.2) is 4.98 Å². The number of halogens is 1. The summed E-state index contributed by atoms with van der Waals surface area (Å²) in [7, 11) is 0. The SMILES string of the molecule is Cc1nc(N)sc1SCc1csc(Br)c1. The Labute approximate surface area is 109 Å². The van der Waals surface area contributed by atoms with E-state index in [-0.39, 0.29) is 0 Å². The predicted octanol–water partition coefficient (Wildman–Crippen LogP) is 4.15. The first-order chi connectivity index (χ1) is 7.15. The van der Waals surface area contributed by atoms with Crippen molar-refractivity contribution in [2.45, 2.75) is 16.9 Å². The smallest absolute Gasteiger partial charge is 0.181 e. The highest BCUT2D eigenvalue weighted by molar-refractivity contribution is 9.11. The monoisotopic (exact) mass is 320 g/mol. The number of rotatable bonds is 3. The van der Waals surface area contributed by atoms with Crippen molar-refractivity contribution in [3.8, 4) is 0 Å². The molecule has 6 heteroatoms. The molecule has 2 N–H and O–H groups in total. The Morgan fingerprint density at radius 3 is 2.93 bits per heavy atom. The number of thiazole rings is 1. The first kappa shape index (κ1) is 11.4. The third-order valence-corrected chi connectivity index (χ3v) is 5.74.